The van der Waals surface area contributed by atoms with E-state index in [9.17, 15) is 9.90 Å². The molecule has 1 heterocycles. The van der Waals surface area contributed by atoms with E-state index in [0.29, 0.717) is 6.54 Å². The average Bonchev–Trinajstić information content (AvgIpc) is 2.96. The minimum Gasteiger partial charge on any atom is -0.490 e. The predicted octanol–water partition coefficient (Wildman–Crippen LogP) is 2.17. The highest BCUT2D eigenvalue weighted by molar-refractivity contribution is 5.90. The highest BCUT2D eigenvalue weighted by atomic mass is 16.5. The van der Waals surface area contributed by atoms with E-state index in [2.05, 4.69) is 4.98 Å². The number of hydrogen-bond donors (Lipinski definition) is 2. The number of fused-ring (bicyclic) bond motifs is 1. The van der Waals surface area contributed by atoms with Crippen molar-refractivity contribution in [2.24, 2.45) is 0 Å². The molecule has 3 rings (SSSR count). The van der Waals surface area contributed by atoms with Gasteiger partial charge in [0.15, 0.2) is 0 Å². The van der Waals surface area contributed by atoms with E-state index < -0.39 is 12.1 Å². The van der Waals surface area contributed by atoms with Crippen LogP contribution in [0.3, 0.4) is 0 Å². The van der Waals surface area contributed by atoms with Crippen LogP contribution in [0.4, 0.5) is 0 Å². The first-order chi connectivity index (χ1) is 11.1. The number of benzene rings is 2. The maximum atomic E-state index is 11.1. The molecule has 23 heavy (non-hydrogen) atoms. The van der Waals surface area contributed by atoms with Crippen molar-refractivity contribution in [2.45, 2.75) is 12.6 Å². The quantitative estimate of drug-likeness (QED) is 0.729. The number of para-hydroxylation sites is 3. The molecule has 0 fully saturated rings. The summed E-state index contributed by atoms with van der Waals surface area (Å²) in [6, 6.07) is 14.0. The van der Waals surface area contributed by atoms with Gasteiger partial charge in [-0.1, -0.05) is 24.3 Å². The lowest BCUT2D eigenvalue weighted by Gasteiger charge is -2.14. The number of carbonyl (C=O) groups is 1. The predicted molar refractivity (Wildman–Crippen MR) is 84.6 cm³/mol. The zero-order chi connectivity index (χ0) is 16.2. The molecule has 2 N–H and O–H groups in total. The summed E-state index contributed by atoms with van der Waals surface area (Å²) < 4.78 is 7.30. The van der Waals surface area contributed by atoms with Crippen molar-refractivity contribution in [1.82, 2.24) is 9.55 Å². The normalized spacial score (nSPS) is 12.2. The molecule has 1 atom stereocenters. The monoisotopic (exact) mass is 312 g/mol. The molecular weight excluding hydrogens is 296 g/mol. The third-order valence-corrected chi connectivity index (χ3v) is 3.48. The highest BCUT2D eigenvalue weighted by Gasteiger charge is 2.13. The van der Waals surface area contributed by atoms with E-state index in [1.54, 1.807) is 24.5 Å². The van der Waals surface area contributed by atoms with E-state index in [4.69, 9.17) is 9.84 Å². The van der Waals surface area contributed by atoms with Gasteiger partial charge in [0, 0.05) is 0 Å². The van der Waals surface area contributed by atoms with E-state index >= 15 is 0 Å². The number of carboxylic acids is 1. The third kappa shape index (κ3) is 3.32. The van der Waals surface area contributed by atoms with Crippen molar-refractivity contribution in [2.75, 3.05) is 6.61 Å². The number of aromatic nitrogens is 2. The topological polar surface area (TPSA) is 84.6 Å². The number of rotatable bonds is 6. The standard InChI is InChI=1S/C17H16N2O4/c20-12(9-19-11-18-14-6-2-3-7-15(14)19)10-23-16-8-4-1-5-13(16)17(21)22/h1-8,11-12,20H,9-10H2,(H,21,22)/t12-/m0/s1. The minimum atomic E-state index is -1.06. The maximum absolute atomic E-state index is 11.1. The molecule has 0 spiro atoms. The number of nitrogens with zero attached hydrogens (tertiary/aromatic N) is 2. The molecule has 0 saturated carbocycles. The van der Waals surface area contributed by atoms with Crippen LogP contribution in [0.5, 0.6) is 5.75 Å². The van der Waals surface area contributed by atoms with Crippen LogP contribution in [0.15, 0.2) is 54.9 Å². The van der Waals surface area contributed by atoms with Crippen LogP contribution in [0.25, 0.3) is 11.0 Å². The van der Waals surface area contributed by atoms with Gasteiger partial charge in [-0.25, -0.2) is 9.78 Å². The van der Waals surface area contributed by atoms with Crippen molar-refractivity contribution in [3.05, 3.63) is 60.4 Å². The van der Waals surface area contributed by atoms with Crippen molar-refractivity contribution >= 4 is 17.0 Å². The molecule has 118 valence electrons. The van der Waals surface area contributed by atoms with Gasteiger partial charge in [0.1, 0.15) is 24.0 Å². The Kier molecular flexibility index (Phi) is 4.25. The summed E-state index contributed by atoms with van der Waals surface area (Å²) in [5.41, 5.74) is 1.86. The minimum absolute atomic E-state index is 0.00317. The van der Waals surface area contributed by atoms with Gasteiger partial charge in [-0.3, -0.25) is 0 Å². The Morgan fingerprint density at radius 2 is 1.91 bits per heavy atom. The SMILES string of the molecule is O=C(O)c1ccccc1OC[C@@H](O)Cn1cnc2ccccc21. The van der Waals surface area contributed by atoms with Gasteiger partial charge in [0.2, 0.25) is 0 Å². The zero-order valence-corrected chi connectivity index (χ0v) is 12.3. The van der Waals surface area contributed by atoms with Crippen LogP contribution in [0.2, 0.25) is 0 Å². The summed E-state index contributed by atoms with van der Waals surface area (Å²) in [4.78, 5) is 15.4. The van der Waals surface area contributed by atoms with Crippen LogP contribution in [0, 0.1) is 0 Å². The van der Waals surface area contributed by atoms with Crippen molar-refractivity contribution < 1.29 is 19.7 Å². The summed E-state index contributed by atoms with van der Waals surface area (Å²) in [5.74, 6) is -0.815. The number of aliphatic hydroxyl groups excluding tert-OH is 1. The second-order valence-corrected chi connectivity index (χ2v) is 5.15. The number of aromatic carboxylic acids is 1. The number of imidazole rings is 1. The fourth-order valence-corrected chi connectivity index (χ4v) is 2.39. The largest absolute Gasteiger partial charge is 0.490 e. The second-order valence-electron chi connectivity index (χ2n) is 5.15. The Morgan fingerprint density at radius 3 is 2.74 bits per heavy atom. The van der Waals surface area contributed by atoms with E-state index in [0.717, 1.165) is 11.0 Å². The highest BCUT2D eigenvalue weighted by Crippen LogP contribution is 2.18. The van der Waals surface area contributed by atoms with Crippen molar-refractivity contribution in [1.29, 1.82) is 0 Å². The van der Waals surface area contributed by atoms with E-state index in [-0.39, 0.29) is 17.9 Å². The Balaban J connectivity index is 1.66. The fourth-order valence-electron chi connectivity index (χ4n) is 2.39. The molecule has 0 saturated heterocycles. The van der Waals surface area contributed by atoms with Crippen LogP contribution in [-0.4, -0.2) is 38.4 Å². The molecule has 2 aromatic carbocycles. The Hall–Kier alpha value is -2.86. The first-order valence-corrected chi connectivity index (χ1v) is 7.18. The molecular formula is C17H16N2O4. The van der Waals surface area contributed by atoms with Crippen molar-refractivity contribution in [3.8, 4) is 5.75 Å². The lowest BCUT2D eigenvalue weighted by atomic mass is 10.2. The number of aliphatic hydroxyl groups is 1. The molecule has 0 aliphatic carbocycles. The Bertz CT molecular complexity index is 828. The van der Waals surface area contributed by atoms with Gasteiger partial charge in [-0.05, 0) is 24.3 Å². The van der Waals surface area contributed by atoms with Crippen LogP contribution < -0.4 is 4.74 Å². The van der Waals surface area contributed by atoms with Crippen molar-refractivity contribution in [3.63, 3.8) is 0 Å². The van der Waals surface area contributed by atoms with Gasteiger partial charge in [-0.2, -0.15) is 0 Å². The van der Waals surface area contributed by atoms with Gasteiger partial charge >= 0.3 is 5.97 Å². The molecule has 0 unspecified atom stereocenters. The maximum Gasteiger partial charge on any atom is 0.339 e. The number of ether oxygens (including phenoxy) is 1. The molecule has 0 bridgehead atoms. The summed E-state index contributed by atoms with van der Waals surface area (Å²) in [5, 5.41) is 19.3. The molecule has 3 aromatic rings. The molecule has 6 heteroatoms. The lowest BCUT2D eigenvalue weighted by Crippen LogP contribution is -2.23. The van der Waals surface area contributed by atoms with Gasteiger partial charge in [-0.15, -0.1) is 0 Å². The molecule has 6 nitrogen and oxygen atoms in total. The smallest absolute Gasteiger partial charge is 0.339 e. The summed E-state index contributed by atoms with van der Waals surface area (Å²) in [6.45, 7) is 0.312. The summed E-state index contributed by atoms with van der Waals surface area (Å²) >= 11 is 0. The fraction of sp³-hybridized carbons (Fsp3) is 0.176. The Labute approximate surface area is 132 Å². The molecule has 0 aliphatic rings. The number of hydrogen-bond acceptors (Lipinski definition) is 4. The molecule has 0 radical (unpaired) electrons. The molecule has 0 amide bonds. The van der Waals surface area contributed by atoms with Crippen LogP contribution in [-0.2, 0) is 6.54 Å². The lowest BCUT2D eigenvalue weighted by molar-refractivity contribution is 0.0678. The van der Waals surface area contributed by atoms with Gasteiger partial charge in [0.25, 0.3) is 0 Å². The summed E-state index contributed by atoms with van der Waals surface area (Å²) in [6.07, 6.45) is 0.883. The second kappa shape index (κ2) is 6.50. The third-order valence-electron chi connectivity index (χ3n) is 3.48. The first-order valence-electron chi connectivity index (χ1n) is 7.18. The summed E-state index contributed by atoms with van der Waals surface area (Å²) in [7, 11) is 0. The molecule has 1 aromatic heterocycles. The zero-order valence-electron chi connectivity index (χ0n) is 12.3. The average molecular weight is 312 g/mol. The van der Waals surface area contributed by atoms with Gasteiger partial charge in [0.05, 0.1) is 23.9 Å². The van der Waals surface area contributed by atoms with E-state index in [1.165, 1.54) is 6.07 Å². The van der Waals surface area contributed by atoms with Gasteiger partial charge < -0.3 is 19.5 Å². The Morgan fingerprint density at radius 1 is 1.17 bits per heavy atom. The first kappa shape index (κ1) is 15.1. The van der Waals surface area contributed by atoms with E-state index in [1.807, 2.05) is 28.8 Å². The van der Waals surface area contributed by atoms with Crippen LogP contribution >= 0.6 is 0 Å². The van der Waals surface area contributed by atoms with Crippen LogP contribution in [0.1, 0.15) is 10.4 Å². The molecule has 0 aliphatic heterocycles. The number of carboxylic acid groups (broad SMARTS) is 1.